The molecule has 2 aromatic heterocycles. The summed E-state index contributed by atoms with van der Waals surface area (Å²) in [6.45, 7) is 6.04. The van der Waals surface area contributed by atoms with Gasteiger partial charge in [0.05, 0.1) is 22.8 Å². The maximum atomic E-state index is 13.4. The minimum Gasteiger partial charge on any atom is -0.331 e. The lowest BCUT2D eigenvalue weighted by Gasteiger charge is -2.25. The van der Waals surface area contributed by atoms with Crippen molar-refractivity contribution < 1.29 is 4.79 Å². The number of nitrogens with one attached hydrogen (secondary N) is 2. The fourth-order valence-electron chi connectivity index (χ4n) is 4.33. The Kier molecular flexibility index (Phi) is 5.04. The van der Waals surface area contributed by atoms with Crippen LogP contribution in [0.3, 0.4) is 0 Å². The Morgan fingerprint density at radius 1 is 1.31 bits per heavy atom. The molecule has 4 rings (SSSR count). The lowest BCUT2D eigenvalue weighted by atomic mass is 10.0. The summed E-state index contributed by atoms with van der Waals surface area (Å²) in [6.07, 6.45) is 1.91. The first-order valence-corrected chi connectivity index (χ1v) is 10.1. The van der Waals surface area contributed by atoms with Gasteiger partial charge in [0.15, 0.2) is 0 Å². The molecule has 8 heteroatoms. The van der Waals surface area contributed by atoms with E-state index in [1.54, 1.807) is 10.6 Å². The van der Waals surface area contributed by atoms with Gasteiger partial charge in [-0.1, -0.05) is 0 Å². The molecule has 0 bridgehead atoms. The summed E-state index contributed by atoms with van der Waals surface area (Å²) in [4.78, 5) is 32.6. The van der Waals surface area contributed by atoms with Gasteiger partial charge in [-0.05, 0) is 59.0 Å². The number of likely N-dealkylation sites (tertiary alicyclic amines) is 1. The van der Waals surface area contributed by atoms with Crippen LogP contribution in [0.4, 0.5) is 0 Å². The van der Waals surface area contributed by atoms with Gasteiger partial charge in [0, 0.05) is 36.5 Å². The molecular formula is C21H28N6O2. The van der Waals surface area contributed by atoms with Crippen molar-refractivity contribution in [1.82, 2.24) is 29.5 Å². The lowest BCUT2D eigenvalue weighted by Crippen LogP contribution is -2.31. The number of carbonyl (C=O) groups is 1. The van der Waals surface area contributed by atoms with E-state index in [4.69, 9.17) is 0 Å². The van der Waals surface area contributed by atoms with Crippen LogP contribution >= 0.6 is 0 Å². The molecule has 1 aliphatic rings. The Hall–Kier alpha value is -2.87. The third-order valence-corrected chi connectivity index (χ3v) is 5.83. The second-order valence-electron chi connectivity index (χ2n) is 8.12. The number of likely N-dealkylation sites (N-methyl/N-ethyl adjacent to an activating group) is 1. The van der Waals surface area contributed by atoms with E-state index >= 15 is 0 Å². The lowest BCUT2D eigenvalue weighted by molar-refractivity contribution is 0.0735. The Bertz CT molecular complexity index is 1090. The second kappa shape index (κ2) is 7.51. The highest BCUT2D eigenvalue weighted by atomic mass is 16.2. The van der Waals surface area contributed by atoms with Crippen LogP contribution < -0.4 is 5.69 Å². The van der Waals surface area contributed by atoms with Gasteiger partial charge in [0.1, 0.15) is 0 Å². The van der Waals surface area contributed by atoms with Crippen molar-refractivity contribution in [1.29, 1.82) is 0 Å². The van der Waals surface area contributed by atoms with Gasteiger partial charge in [0.2, 0.25) is 0 Å². The second-order valence-corrected chi connectivity index (χ2v) is 8.12. The molecule has 8 nitrogen and oxygen atoms in total. The maximum absolute atomic E-state index is 13.4. The van der Waals surface area contributed by atoms with Crippen molar-refractivity contribution >= 4 is 16.9 Å². The van der Waals surface area contributed by atoms with Crippen LogP contribution in [0.15, 0.2) is 23.0 Å². The quantitative estimate of drug-likeness (QED) is 0.692. The molecule has 1 fully saturated rings. The number of benzene rings is 1. The van der Waals surface area contributed by atoms with E-state index in [1.807, 2.05) is 49.9 Å². The molecule has 1 atom stereocenters. The molecule has 0 spiro atoms. The van der Waals surface area contributed by atoms with E-state index in [-0.39, 0.29) is 17.6 Å². The molecule has 1 unspecified atom stereocenters. The Balaban J connectivity index is 1.68. The van der Waals surface area contributed by atoms with Crippen LogP contribution in [0.1, 0.15) is 46.2 Å². The molecule has 1 saturated heterocycles. The third kappa shape index (κ3) is 3.48. The number of fused-ring (bicyclic) bond motifs is 1. The van der Waals surface area contributed by atoms with Gasteiger partial charge in [0.25, 0.3) is 5.91 Å². The fraction of sp³-hybridized carbons (Fsp3) is 0.476. The maximum Gasteiger partial charge on any atom is 0.326 e. The highest BCUT2D eigenvalue weighted by Crippen LogP contribution is 2.36. The normalized spacial score (nSPS) is 17.0. The van der Waals surface area contributed by atoms with Crippen molar-refractivity contribution in [3.63, 3.8) is 0 Å². The molecule has 1 aliphatic heterocycles. The van der Waals surface area contributed by atoms with Crippen molar-refractivity contribution in [2.75, 3.05) is 27.2 Å². The van der Waals surface area contributed by atoms with Gasteiger partial charge < -0.3 is 14.8 Å². The molecule has 2 N–H and O–H groups in total. The molecule has 3 aromatic rings. The number of H-pyrrole nitrogens is 2. The summed E-state index contributed by atoms with van der Waals surface area (Å²) >= 11 is 0. The Morgan fingerprint density at radius 3 is 2.79 bits per heavy atom. The van der Waals surface area contributed by atoms with E-state index < -0.39 is 0 Å². The number of aryl methyl sites for hydroxylation is 2. The summed E-state index contributed by atoms with van der Waals surface area (Å²) in [5, 5.41) is 7.34. The molecule has 154 valence electrons. The molecule has 1 amide bonds. The monoisotopic (exact) mass is 396 g/mol. The number of aromatic nitrogens is 4. The highest BCUT2D eigenvalue weighted by Gasteiger charge is 2.33. The van der Waals surface area contributed by atoms with E-state index in [2.05, 4.69) is 15.2 Å². The molecule has 0 saturated carbocycles. The van der Waals surface area contributed by atoms with Crippen LogP contribution in [0.2, 0.25) is 0 Å². The zero-order valence-corrected chi connectivity index (χ0v) is 17.5. The van der Waals surface area contributed by atoms with Crippen LogP contribution in [0.25, 0.3) is 11.0 Å². The number of hydrogen-bond donors (Lipinski definition) is 2. The average molecular weight is 396 g/mol. The van der Waals surface area contributed by atoms with Crippen molar-refractivity contribution in [3.8, 4) is 0 Å². The smallest absolute Gasteiger partial charge is 0.326 e. The van der Waals surface area contributed by atoms with E-state index in [1.165, 1.54) is 0 Å². The number of aromatic amines is 2. The van der Waals surface area contributed by atoms with Gasteiger partial charge in [-0.2, -0.15) is 5.10 Å². The minimum absolute atomic E-state index is 0.00204. The molecule has 3 heterocycles. The summed E-state index contributed by atoms with van der Waals surface area (Å²) in [5.41, 5.74) is 5.09. The third-order valence-electron chi connectivity index (χ3n) is 5.83. The molecule has 0 radical (unpaired) electrons. The van der Waals surface area contributed by atoms with Gasteiger partial charge >= 0.3 is 5.69 Å². The fourth-order valence-corrected chi connectivity index (χ4v) is 4.33. The summed E-state index contributed by atoms with van der Waals surface area (Å²) in [5.74, 6) is 0.00204. The Morgan fingerprint density at radius 2 is 2.10 bits per heavy atom. The number of amides is 1. The van der Waals surface area contributed by atoms with Crippen LogP contribution in [0.5, 0.6) is 0 Å². The van der Waals surface area contributed by atoms with Crippen LogP contribution in [-0.4, -0.2) is 62.6 Å². The zero-order chi connectivity index (χ0) is 20.7. The molecular weight excluding hydrogens is 368 g/mol. The molecule has 0 aliphatic carbocycles. The SMILES string of the molecule is Cc1n[nH]c(C)c1C1CCCN1C(=O)c1ccc2[nH]c(=O)n(CCN(C)C)c2c1. The predicted molar refractivity (Wildman–Crippen MR) is 112 cm³/mol. The zero-order valence-electron chi connectivity index (χ0n) is 17.5. The topological polar surface area (TPSA) is 90.0 Å². The van der Waals surface area contributed by atoms with Gasteiger partial charge in [-0.3, -0.25) is 14.5 Å². The number of hydrogen-bond acceptors (Lipinski definition) is 4. The van der Waals surface area contributed by atoms with Crippen LogP contribution in [0, 0.1) is 13.8 Å². The molecule has 1 aromatic carbocycles. The number of rotatable bonds is 5. The first kappa shape index (κ1) is 19.4. The van der Waals surface area contributed by atoms with E-state index in [0.29, 0.717) is 12.1 Å². The highest BCUT2D eigenvalue weighted by molar-refractivity contribution is 5.97. The standard InChI is InChI=1S/C21H28N6O2/c1-13-19(14(2)24-23-13)17-6-5-9-26(17)20(28)15-7-8-16-18(12-15)27(21(29)22-16)11-10-25(3)4/h7-8,12,17H,5-6,9-11H2,1-4H3,(H,22,29)(H,23,24). The van der Waals surface area contributed by atoms with Crippen molar-refractivity contribution in [2.45, 2.75) is 39.3 Å². The first-order chi connectivity index (χ1) is 13.9. The largest absolute Gasteiger partial charge is 0.331 e. The van der Waals surface area contributed by atoms with Crippen molar-refractivity contribution in [3.05, 3.63) is 51.2 Å². The number of carbonyl (C=O) groups excluding carboxylic acids is 1. The van der Waals surface area contributed by atoms with Crippen molar-refractivity contribution in [2.24, 2.45) is 0 Å². The minimum atomic E-state index is -0.143. The van der Waals surface area contributed by atoms with Crippen LogP contribution in [-0.2, 0) is 6.54 Å². The van der Waals surface area contributed by atoms with E-state index in [0.717, 1.165) is 53.9 Å². The summed E-state index contributed by atoms with van der Waals surface area (Å²) in [6, 6.07) is 5.52. The number of nitrogens with zero attached hydrogens (tertiary/aromatic N) is 4. The van der Waals surface area contributed by atoms with E-state index in [9.17, 15) is 9.59 Å². The Labute approximate surface area is 169 Å². The van der Waals surface area contributed by atoms with Gasteiger partial charge in [-0.25, -0.2) is 4.79 Å². The molecule has 29 heavy (non-hydrogen) atoms. The average Bonchev–Trinajstić information content (AvgIpc) is 3.36. The summed E-state index contributed by atoms with van der Waals surface area (Å²) in [7, 11) is 3.95. The first-order valence-electron chi connectivity index (χ1n) is 10.1. The predicted octanol–water partition coefficient (Wildman–Crippen LogP) is 2.21. The van der Waals surface area contributed by atoms with Gasteiger partial charge in [-0.15, -0.1) is 0 Å². The summed E-state index contributed by atoms with van der Waals surface area (Å²) < 4.78 is 1.71. The number of imidazole rings is 1.